The van der Waals surface area contributed by atoms with E-state index in [-0.39, 0.29) is 0 Å². The summed E-state index contributed by atoms with van der Waals surface area (Å²) in [7, 11) is 0. The number of fused-ring (bicyclic) bond motifs is 2. The molecule has 0 bridgehead atoms. The molecule has 0 nitrogen and oxygen atoms in total. The smallest absolute Gasteiger partial charge is 0.00135 e. The van der Waals surface area contributed by atoms with Crippen LogP contribution in [0.25, 0.3) is 22.4 Å². The molecule has 96 valence electrons. The quantitative estimate of drug-likeness (QED) is 0.558. The number of hydrogen-bond acceptors (Lipinski definition) is 0. The van der Waals surface area contributed by atoms with Gasteiger partial charge in [-0.1, -0.05) is 66.7 Å². The predicted molar refractivity (Wildman–Crippen MR) is 86.7 cm³/mol. The minimum atomic E-state index is 1.04. The lowest BCUT2D eigenvalue weighted by molar-refractivity contribution is 1.32. The van der Waals surface area contributed by atoms with Gasteiger partial charge in [0, 0.05) is 0 Å². The maximum Gasteiger partial charge on any atom is -0.00135 e. The first kappa shape index (κ1) is 11.5. The molecule has 0 saturated carbocycles. The maximum absolute atomic E-state index is 2.34. The largest absolute Gasteiger partial charge is 0.0619 e. The van der Waals surface area contributed by atoms with Gasteiger partial charge in [-0.25, -0.2) is 0 Å². The Kier molecular flexibility index (Phi) is 2.50. The Morgan fingerprint density at radius 2 is 1.55 bits per heavy atom. The molecule has 3 aromatic carbocycles. The lowest BCUT2D eigenvalue weighted by Gasteiger charge is -2.09. The fourth-order valence-electron chi connectivity index (χ4n) is 3.20. The molecule has 1 aliphatic rings. The standard InChI is InChI=1S/C20H16/c1-14-6-4-11-20-18(14)9-5-10-19(20)17-12-15-7-2-3-8-16(15)13-17/h2-12H,13H2,1H3. The van der Waals surface area contributed by atoms with Crippen molar-refractivity contribution in [3.05, 3.63) is 82.9 Å². The van der Waals surface area contributed by atoms with Gasteiger partial charge in [0.05, 0.1) is 0 Å². The Morgan fingerprint density at radius 3 is 2.45 bits per heavy atom. The summed E-state index contributed by atoms with van der Waals surface area (Å²) in [6, 6.07) is 21.9. The van der Waals surface area contributed by atoms with E-state index in [0.29, 0.717) is 0 Å². The van der Waals surface area contributed by atoms with E-state index in [0.717, 1.165) is 6.42 Å². The van der Waals surface area contributed by atoms with Crippen LogP contribution in [-0.4, -0.2) is 0 Å². The minimum absolute atomic E-state index is 1.04. The van der Waals surface area contributed by atoms with Gasteiger partial charge in [0.2, 0.25) is 0 Å². The van der Waals surface area contributed by atoms with Crippen LogP contribution in [0.4, 0.5) is 0 Å². The normalized spacial score (nSPS) is 13.3. The molecule has 20 heavy (non-hydrogen) atoms. The SMILES string of the molecule is Cc1cccc2c(C3=Cc4ccccc4C3)cccc12. The molecule has 0 heterocycles. The molecular weight excluding hydrogens is 240 g/mol. The van der Waals surface area contributed by atoms with Crippen LogP contribution in [0.1, 0.15) is 22.3 Å². The van der Waals surface area contributed by atoms with E-state index in [1.165, 1.54) is 38.6 Å². The molecule has 0 aliphatic heterocycles. The van der Waals surface area contributed by atoms with E-state index in [4.69, 9.17) is 0 Å². The topological polar surface area (TPSA) is 0 Å². The number of allylic oxidation sites excluding steroid dienone is 1. The molecule has 0 saturated heterocycles. The highest BCUT2D eigenvalue weighted by atomic mass is 14.2. The van der Waals surface area contributed by atoms with Crippen molar-refractivity contribution in [3.63, 3.8) is 0 Å². The van der Waals surface area contributed by atoms with Crippen molar-refractivity contribution >= 4 is 22.4 Å². The zero-order chi connectivity index (χ0) is 13.5. The first-order chi connectivity index (χ1) is 9.83. The van der Waals surface area contributed by atoms with Crippen LogP contribution in [0, 0.1) is 6.92 Å². The lowest BCUT2D eigenvalue weighted by atomic mass is 9.95. The molecule has 0 heteroatoms. The lowest BCUT2D eigenvalue weighted by Crippen LogP contribution is -1.88. The Labute approximate surface area is 119 Å². The van der Waals surface area contributed by atoms with E-state index < -0.39 is 0 Å². The van der Waals surface area contributed by atoms with Crippen LogP contribution in [0.5, 0.6) is 0 Å². The summed E-state index contributed by atoms with van der Waals surface area (Å²) >= 11 is 0. The zero-order valence-corrected chi connectivity index (χ0v) is 11.6. The van der Waals surface area contributed by atoms with Gasteiger partial charge >= 0.3 is 0 Å². The van der Waals surface area contributed by atoms with E-state index in [1.54, 1.807) is 0 Å². The highest BCUT2D eigenvalue weighted by Gasteiger charge is 2.15. The highest BCUT2D eigenvalue weighted by Crippen LogP contribution is 2.35. The molecule has 0 atom stereocenters. The maximum atomic E-state index is 2.34. The van der Waals surface area contributed by atoms with Crippen molar-refractivity contribution in [1.82, 2.24) is 0 Å². The van der Waals surface area contributed by atoms with Gasteiger partial charge in [-0.15, -0.1) is 0 Å². The summed E-state index contributed by atoms with van der Waals surface area (Å²) in [6.07, 6.45) is 3.38. The monoisotopic (exact) mass is 256 g/mol. The Bertz CT molecular complexity index is 838. The summed E-state index contributed by atoms with van der Waals surface area (Å²) in [5, 5.41) is 2.73. The van der Waals surface area contributed by atoms with Gasteiger partial charge in [-0.05, 0) is 51.9 Å². The second-order valence-corrected chi connectivity index (χ2v) is 5.52. The summed E-state index contributed by atoms with van der Waals surface area (Å²) < 4.78 is 0. The molecule has 0 aromatic heterocycles. The number of aryl methyl sites for hydroxylation is 1. The third-order valence-corrected chi connectivity index (χ3v) is 4.25. The molecule has 1 aliphatic carbocycles. The van der Waals surface area contributed by atoms with E-state index in [2.05, 4.69) is 73.7 Å². The number of benzene rings is 3. The summed E-state index contributed by atoms with van der Waals surface area (Å²) in [5.41, 5.74) is 6.96. The molecular formula is C20H16. The van der Waals surface area contributed by atoms with Gasteiger partial charge in [0.25, 0.3) is 0 Å². The average Bonchev–Trinajstić information content (AvgIpc) is 2.91. The van der Waals surface area contributed by atoms with Gasteiger partial charge < -0.3 is 0 Å². The van der Waals surface area contributed by atoms with E-state index in [1.807, 2.05) is 0 Å². The van der Waals surface area contributed by atoms with Crippen molar-refractivity contribution in [3.8, 4) is 0 Å². The Hall–Kier alpha value is -2.34. The van der Waals surface area contributed by atoms with Crippen LogP contribution in [0.15, 0.2) is 60.7 Å². The molecule has 3 aromatic rings. The van der Waals surface area contributed by atoms with E-state index in [9.17, 15) is 0 Å². The summed E-state index contributed by atoms with van der Waals surface area (Å²) in [6.45, 7) is 2.18. The molecule has 0 N–H and O–H groups in total. The number of hydrogen-bond donors (Lipinski definition) is 0. The fourth-order valence-corrected chi connectivity index (χ4v) is 3.20. The van der Waals surface area contributed by atoms with Gasteiger partial charge in [0.15, 0.2) is 0 Å². The molecule has 4 rings (SSSR count). The minimum Gasteiger partial charge on any atom is -0.0619 e. The van der Waals surface area contributed by atoms with Crippen molar-refractivity contribution in [1.29, 1.82) is 0 Å². The first-order valence-electron chi connectivity index (χ1n) is 7.10. The van der Waals surface area contributed by atoms with Crippen molar-refractivity contribution in [2.24, 2.45) is 0 Å². The second-order valence-electron chi connectivity index (χ2n) is 5.52. The second kappa shape index (κ2) is 4.35. The predicted octanol–water partition coefficient (Wildman–Crippen LogP) is 5.24. The third-order valence-electron chi connectivity index (χ3n) is 4.25. The average molecular weight is 256 g/mol. The zero-order valence-electron chi connectivity index (χ0n) is 11.6. The van der Waals surface area contributed by atoms with Crippen molar-refractivity contribution in [2.45, 2.75) is 13.3 Å². The Morgan fingerprint density at radius 1 is 0.750 bits per heavy atom. The van der Waals surface area contributed by atoms with Crippen LogP contribution < -0.4 is 0 Å². The molecule has 0 unspecified atom stereocenters. The van der Waals surface area contributed by atoms with Crippen LogP contribution in [0.2, 0.25) is 0 Å². The third kappa shape index (κ3) is 1.69. The van der Waals surface area contributed by atoms with Gasteiger partial charge in [-0.2, -0.15) is 0 Å². The molecule has 0 radical (unpaired) electrons. The van der Waals surface area contributed by atoms with Gasteiger partial charge in [-0.3, -0.25) is 0 Å². The first-order valence-corrected chi connectivity index (χ1v) is 7.10. The van der Waals surface area contributed by atoms with Crippen LogP contribution >= 0.6 is 0 Å². The Balaban J connectivity index is 1.92. The van der Waals surface area contributed by atoms with E-state index >= 15 is 0 Å². The van der Waals surface area contributed by atoms with Crippen molar-refractivity contribution in [2.75, 3.05) is 0 Å². The van der Waals surface area contributed by atoms with Crippen molar-refractivity contribution < 1.29 is 0 Å². The van der Waals surface area contributed by atoms with Crippen LogP contribution in [0.3, 0.4) is 0 Å². The van der Waals surface area contributed by atoms with Crippen LogP contribution in [-0.2, 0) is 6.42 Å². The highest BCUT2D eigenvalue weighted by molar-refractivity contribution is 6.01. The summed E-state index contributed by atoms with van der Waals surface area (Å²) in [4.78, 5) is 0. The molecule has 0 spiro atoms. The molecule has 0 fully saturated rings. The molecule has 0 amide bonds. The number of rotatable bonds is 1. The summed E-state index contributed by atoms with van der Waals surface area (Å²) in [5.74, 6) is 0. The fraction of sp³-hybridized carbons (Fsp3) is 0.100. The van der Waals surface area contributed by atoms with Gasteiger partial charge in [0.1, 0.15) is 0 Å².